The van der Waals surface area contributed by atoms with Crippen molar-refractivity contribution in [3.05, 3.63) is 101 Å². The van der Waals surface area contributed by atoms with Gasteiger partial charge in [-0.2, -0.15) is 0 Å². The van der Waals surface area contributed by atoms with Crippen LogP contribution in [0.25, 0.3) is 20.9 Å². The Hall–Kier alpha value is -4.17. The Morgan fingerprint density at radius 2 is 1.65 bits per heavy atom. The largest absolute Gasteiger partial charge is 0.460 e. The molecule has 6 rings (SSSR count). The molecule has 0 amide bonds. The molecule has 1 fully saturated rings. The average Bonchev–Trinajstić information content (AvgIpc) is 3.48. The fourth-order valence-electron chi connectivity index (χ4n) is 5.32. The number of hydrogen-bond donors (Lipinski definition) is 0. The van der Waals surface area contributed by atoms with Crippen LogP contribution in [0.5, 0.6) is 11.5 Å². The Morgan fingerprint density at radius 1 is 0.907 bits per heavy atom. The van der Waals surface area contributed by atoms with Crippen molar-refractivity contribution in [1.29, 1.82) is 0 Å². The highest BCUT2D eigenvalue weighted by Gasteiger charge is 2.54. The van der Waals surface area contributed by atoms with Gasteiger partial charge in [-0.25, -0.2) is 8.78 Å². The number of furan rings is 1. The van der Waals surface area contributed by atoms with Gasteiger partial charge in [0.25, 0.3) is 0 Å². The Kier molecular flexibility index (Phi) is 8.21. The molecule has 0 atom stereocenters. The molecule has 5 aromatic rings. The van der Waals surface area contributed by atoms with E-state index >= 15 is 4.39 Å². The zero-order valence-electron chi connectivity index (χ0n) is 23.8. The monoisotopic (exact) mass is 599 g/mol. The summed E-state index contributed by atoms with van der Waals surface area (Å²) >= 11 is 1.47. The molecule has 5 nitrogen and oxygen atoms in total. The van der Waals surface area contributed by atoms with Crippen LogP contribution in [0.2, 0.25) is 0 Å². The van der Waals surface area contributed by atoms with E-state index in [-0.39, 0.29) is 36.0 Å². The van der Waals surface area contributed by atoms with E-state index in [1.807, 2.05) is 18.2 Å². The van der Waals surface area contributed by atoms with Crippen molar-refractivity contribution in [3.63, 3.8) is 0 Å². The quantitative estimate of drug-likeness (QED) is 0.0998. The molecular weight excluding hydrogens is 568 g/mol. The third-order valence-corrected chi connectivity index (χ3v) is 9.14. The number of pyridine rings is 1. The molecule has 220 valence electrons. The number of benzene rings is 2. The standard InChI is InChI=1S/C35H31F2NO4S/c1-2-3-4-5-25-11-13-29(41-25)31-21-27-34(43-31)30(14-17-38-27)42-28-12-8-23(18-26(28)37)20-33(40)35(15-16-35)32(39)19-22-6-9-24(36)10-7-22/h6-14,17-18,21H,2-5,15-16,19-20H2,1H3. The molecule has 43 heavy (non-hydrogen) atoms. The van der Waals surface area contributed by atoms with Gasteiger partial charge in [0.2, 0.25) is 0 Å². The van der Waals surface area contributed by atoms with E-state index in [9.17, 15) is 14.0 Å². The predicted molar refractivity (Wildman–Crippen MR) is 163 cm³/mol. The molecule has 1 saturated carbocycles. The third-order valence-electron chi connectivity index (χ3n) is 7.98. The fourth-order valence-corrected chi connectivity index (χ4v) is 6.34. The molecule has 3 aromatic heterocycles. The van der Waals surface area contributed by atoms with Crippen molar-refractivity contribution in [2.45, 2.75) is 58.3 Å². The highest BCUT2D eigenvalue weighted by molar-refractivity contribution is 7.22. The molecule has 0 aliphatic heterocycles. The lowest BCUT2D eigenvalue weighted by Crippen LogP contribution is -2.28. The molecule has 0 N–H and O–H groups in total. The fraction of sp³-hybridized carbons (Fsp3) is 0.286. The third kappa shape index (κ3) is 6.30. The van der Waals surface area contributed by atoms with Crippen LogP contribution in [0.1, 0.15) is 55.9 Å². The van der Waals surface area contributed by atoms with E-state index < -0.39 is 11.2 Å². The summed E-state index contributed by atoms with van der Waals surface area (Å²) in [4.78, 5) is 31.5. The van der Waals surface area contributed by atoms with Crippen LogP contribution in [-0.4, -0.2) is 16.6 Å². The molecular formula is C35H31F2NO4S. The van der Waals surface area contributed by atoms with Gasteiger partial charge in [-0.1, -0.05) is 38.0 Å². The number of unbranched alkanes of at least 4 members (excludes halogenated alkanes) is 2. The Morgan fingerprint density at radius 3 is 2.37 bits per heavy atom. The number of rotatable bonds is 13. The van der Waals surface area contributed by atoms with Crippen LogP contribution in [0, 0.1) is 17.0 Å². The van der Waals surface area contributed by atoms with Crippen molar-refractivity contribution >= 4 is 33.1 Å². The lowest BCUT2D eigenvalue weighted by molar-refractivity contribution is -0.133. The lowest BCUT2D eigenvalue weighted by Gasteiger charge is -2.14. The summed E-state index contributed by atoms with van der Waals surface area (Å²) in [5, 5.41) is 0. The summed E-state index contributed by atoms with van der Waals surface area (Å²) in [6.07, 6.45) is 6.91. The first-order chi connectivity index (χ1) is 20.8. The second-order valence-corrected chi connectivity index (χ2v) is 12.2. The number of ketones is 2. The number of nitrogens with zero attached hydrogens (tertiary/aromatic N) is 1. The minimum atomic E-state index is -1.04. The molecule has 8 heteroatoms. The highest BCUT2D eigenvalue weighted by Crippen LogP contribution is 2.49. The number of fused-ring (bicyclic) bond motifs is 1. The topological polar surface area (TPSA) is 69.4 Å². The first-order valence-electron chi connectivity index (χ1n) is 14.6. The summed E-state index contributed by atoms with van der Waals surface area (Å²) in [6.45, 7) is 2.17. The minimum absolute atomic E-state index is 0.0309. The van der Waals surface area contributed by atoms with Crippen LogP contribution >= 0.6 is 11.3 Å². The van der Waals surface area contributed by atoms with E-state index in [2.05, 4.69) is 11.9 Å². The van der Waals surface area contributed by atoms with E-state index in [0.29, 0.717) is 29.7 Å². The normalized spacial score (nSPS) is 13.7. The van der Waals surface area contributed by atoms with Crippen LogP contribution in [-0.2, 0) is 28.9 Å². The van der Waals surface area contributed by atoms with Gasteiger partial charge in [-0.15, -0.1) is 11.3 Å². The molecule has 1 aliphatic rings. The van der Waals surface area contributed by atoms with Crippen molar-refractivity contribution in [2.75, 3.05) is 0 Å². The molecule has 0 bridgehead atoms. The maximum Gasteiger partial charge on any atom is 0.166 e. The van der Waals surface area contributed by atoms with Gasteiger partial charge in [0.05, 0.1) is 20.5 Å². The number of hydrogen-bond acceptors (Lipinski definition) is 6. The van der Waals surface area contributed by atoms with Crippen molar-refractivity contribution in [2.24, 2.45) is 5.41 Å². The van der Waals surface area contributed by atoms with Gasteiger partial charge >= 0.3 is 0 Å². The molecule has 1 aliphatic carbocycles. The Bertz CT molecular complexity index is 1790. The summed E-state index contributed by atoms with van der Waals surface area (Å²) in [5.74, 6) is 0.852. The van der Waals surface area contributed by atoms with E-state index in [1.54, 1.807) is 30.5 Å². The zero-order valence-corrected chi connectivity index (χ0v) is 24.6. The summed E-state index contributed by atoms with van der Waals surface area (Å²) in [7, 11) is 0. The first kappa shape index (κ1) is 28.9. The second kappa shape index (κ2) is 12.2. The average molecular weight is 600 g/mol. The molecule has 0 unspecified atom stereocenters. The molecule has 0 saturated heterocycles. The smallest absolute Gasteiger partial charge is 0.166 e. The number of Topliss-reactive ketones (excluding diaryl/α,β-unsaturated/α-hetero) is 2. The van der Waals surface area contributed by atoms with Gasteiger partial charge < -0.3 is 9.15 Å². The summed E-state index contributed by atoms with van der Waals surface area (Å²) in [5.41, 5.74) is 0.826. The van der Waals surface area contributed by atoms with Gasteiger partial charge in [-0.3, -0.25) is 14.6 Å². The number of carbonyl (C=O) groups is 2. The van der Waals surface area contributed by atoms with Gasteiger partial charge in [0.15, 0.2) is 23.1 Å². The van der Waals surface area contributed by atoms with Gasteiger partial charge in [-0.05, 0) is 72.9 Å². The van der Waals surface area contributed by atoms with Crippen LogP contribution in [0.15, 0.2) is 77.3 Å². The molecule has 0 spiro atoms. The number of carbonyl (C=O) groups excluding carboxylic acids is 2. The van der Waals surface area contributed by atoms with Crippen molar-refractivity contribution in [1.82, 2.24) is 4.98 Å². The number of ether oxygens (including phenoxy) is 1. The van der Waals surface area contributed by atoms with E-state index in [4.69, 9.17) is 9.15 Å². The minimum Gasteiger partial charge on any atom is -0.460 e. The van der Waals surface area contributed by atoms with Crippen molar-refractivity contribution < 1.29 is 27.5 Å². The number of aryl methyl sites for hydroxylation is 1. The SMILES string of the molecule is CCCCCc1ccc(-c2cc3nccc(Oc4ccc(CC(=O)C5(C(=O)Cc6ccc(F)cc6)CC5)cc4F)c3s2)o1. The van der Waals surface area contributed by atoms with E-state index in [1.165, 1.54) is 35.6 Å². The first-order valence-corrected chi connectivity index (χ1v) is 15.4. The Labute approximate surface area is 252 Å². The van der Waals surface area contributed by atoms with Gasteiger partial charge in [0, 0.05) is 31.5 Å². The Balaban J connectivity index is 1.13. The number of aromatic nitrogens is 1. The maximum atomic E-state index is 15.2. The van der Waals surface area contributed by atoms with Crippen LogP contribution in [0.3, 0.4) is 0 Å². The molecule has 0 radical (unpaired) electrons. The zero-order chi connectivity index (χ0) is 30.0. The van der Waals surface area contributed by atoms with Gasteiger partial charge in [0.1, 0.15) is 23.1 Å². The molecule has 2 aromatic carbocycles. The van der Waals surface area contributed by atoms with E-state index in [0.717, 1.165) is 52.3 Å². The maximum absolute atomic E-state index is 15.2. The molecule has 3 heterocycles. The van der Waals surface area contributed by atoms with Crippen LogP contribution in [0.4, 0.5) is 8.78 Å². The van der Waals surface area contributed by atoms with Crippen molar-refractivity contribution in [3.8, 4) is 22.1 Å². The van der Waals surface area contributed by atoms with Crippen LogP contribution < -0.4 is 4.74 Å². The highest BCUT2D eigenvalue weighted by atomic mass is 32.1. The second-order valence-electron chi connectivity index (χ2n) is 11.1. The number of thiophene rings is 1. The summed E-state index contributed by atoms with van der Waals surface area (Å²) in [6, 6.07) is 17.8. The predicted octanol–water partition coefficient (Wildman–Crippen LogP) is 9.06. The number of halogens is 2. The lowest BCUT2D eigenvalue weighted by atomic mass is 9.88. The summed E-state index contributed by atoms with van der Waals surface area (Å²) < 4.78 is 41.3.